The summed E-state index contributed by atoms with van der Waals surface area (Å²) in [6, 6.07) is 13.4. The first-order valence-electron chi connectivity index (χ1n) is 8.21. The molecule has 2 aliphatic rings. The molecule has 0 radical (unpaired) electrons. The fourth-order valence-electron chi connectivity index (χ4n) is 4.01. The van der Waals surface area contributed by atoms with Crippen LogP contribution < -0.4 is 5.32 Å². The van der Waals surface area contributed by atoms with Crippen molar-refractivity contribution in [3.05, 3.63) is 65.5 Å². The number of carbonyl (C=O) groups excluding carboxylic acids is 2. The van der Waals surface area contributed by atoms with E-state index in [4.69, 9.17) is 0 Å². The van der Waals surface area contributed by atoms with Gasteiger partial charge in [0.2, 0.25) is 5.91 Å². The average molecular weight is 321 g/mol. The van der Waals surface area contributed by atoms with Gasteiger partial charge in [0.1, 0.15) is 5.69 Å². The molecule has 5 nitrogen and oxygen atoms in total. The highest BCUT2D eigenvalue weighted by molar-refractivity contribution is 5.92. The number of nitrogens with zero attached hydrogens (tertiary/aromatic N) is 2. The summed E-state index contributed by atoms with van der Waals surface area (Å²) in [4.78, 5) is 30.3. The van der Waals surface area contributed by atoms with Crippen molar-refractivity contribution < 1.29 is 9.59 Å². The molecule has 1 aliphatic heterocycles. The Morgan fingerprint density at radius 3 is 2.54 bits per heavy atom. The first-order chi connectivity index (χ1) is 11.6. The zero-order chi connectivity index (χ0) is 16.7. The Labute approximate surface area is 140 Å². The summed E-state index contributed by atoms with van der Waals surface area (Å²) in [7, 11) is 0. The summed E-state index contributed by atoms with van der Waals surface area (Å²) in [5.74, 6) is 0.437. The Morgan fingerprint density at radius 2 is 1.83 bits per heavy atom. The van der Waals surface area contributed by atoms with Crippen molar-refractivity contribution in [2.45, 2.75) is 18.9 Å². The van der Waals surface area contributed by atoms with Gasteiger partial charge in [-0.3, -0.25) is 14.6 Å². The Bertz CT molecular complexity index is 790. The van der Waals surface area contributed by atoms with Crippen molar-refractivity contribution in [3.8, 4) is 0 Å². The Morgan fingerprint density at radius 1 is 1.08 bits per heavy atom. The molecule has 0 unspecified atom stereocenters. The van der Waals surface area contributed by atoms with Crippen molar-refractivity contribution >= 4 is 11.8 Å². The molecule has 122 valence electrons. The highest BCUT2D eigenvalue weighted by Gasteiger charge is 2.47. The third kappa shape index (κ3) is 2.37. The van der Waals surface area contributed by atoms with Gasteiger partial charge in [-0.2, -0.15) is 0 Å². The van der Waals surface area contributed by atoms with E-state index >= 15 is 0 Å². The highest BCUT2D eigenvalue weighted by atomic mass is 16.2. The van der Waals surface area contributed by atoms with Crippen LogP contribution in [0.4, 0.5) is 0 Å². The number of pyridine rings is 1. The SMILES string of the molecule is CC(=O)N1C[C@H]2[C@@H](C1)c1ccccc1[C@@H]2NC(=O)c1ccccn1. The van der Waals surface area contributed by atoms with Gasteiger partial charge in [-0.15, -0.1) is 0 Å². The van der Waals surface area contributed by atoms with Crippen LogP contribution in [0.5, 0.6) is 0 Å². The van der Waals surface area contributed by atoms with Crippen LogP contribution in [0.25, 0.3) is 0 Å². The van der Waals surface area contributed by atoms with E-state index in [1.54, 1.807) is 31.3 Å². The summed E-state index contributed by atoms with van der Waals surface area (Å²) in [5, 5.41) is 3.14. The lowest BCUT2D eigenvalue weighted by molar-refractivity contribution is -0.128. The number of carbonyl (C=O) groups is 2. The van der Waals surface area contributed by atoms with Gasteiger partial charge in [0.05, 0.1) is 6.04 Å². The number of nitrogens with one attached hydrogen (secondary N) is 1. The standard InChI is InChI=1S/C19H19N3O2/c1-12(23)22-10-15-13-6-2-3-7-14(13)18(16(15)11-22)21-19(24)17-8-4-5-9-20-17/h2-9,15-16,18H,10-11H2,1H3,(H,21,24)/t15-,16-,18-/m0/s1. The molecule has 0 saturated carbocycles. The normalized spacial score (nSPS) is 24.4. The zero-order valence-electron chi connectivity index (χ0n) is 13.5. The Balaban J connectivity index is 1.64. The fraction of sp³-hybridized carbons (Fsp3) is 0.316. The predicted molar refractivity (Wildman–Crippen MR) is 89.4 cm³/mol. The van der Waals surface area contributed by atoms with Crippen molar-refractivity contribution in [2.24, 2.45) is 5.92 Å². The van der Waals surface area contributed by atoms with Crippen LogP contribution in [0.15, 0.2) is 48.7 Å². The number of hydrogen-bond acceptors (Lipinski definition) is 3. The fourth-order valence-corrected chi connectivity index (χ4v) is 4.01. The van der Waals surface area contributed by atoms with E-state index < -0.39 is 0 Å². The Hall–Kier alpha value is -2.69. The van der Waals surface area contributed by atoms with E-state index in [0.29, 0.717) is 18.2 Å². The minimum absolute atomic E-state index is 0.0787. The summed E-state index contributed by atoms with van der Waals surface area (Å²) >= 11 is 0. The van der Waals surface area contributed by atoms with Gasteiger partial charge in [0, 0.05) is 38.0 Å². The lowest BCUT2D eigenvalue weighted by Crippen LogP contribution is -2.34. The smallest absolute Gasteiger partial charge is 0.270 e. The van der Waals surface area contributed by atoms with Crippen molar-refractivity contribution in [1.29, 1.82) is 0 Å². The first kappa shape index (κ1) is 14.9. The summed E-state index contributed by atoms with van der Waals surface area (Å²) in [5.41, 5.74) is 2.83. The molecule has 1 aromatic carbocycles. The molecular weight excluding hydrogens is 302 g/mol. The molecule has 0 bridgehead atoms. The maximum Gasteiger partial charge on any atom is 0.270 e. The maximum absolute atomic E-state index is 12.6. The molecule has 2 aromatic rings. The van der Waals surface area contributed by atoms with Gasteiger partial charge in [-0.1, -0.05) is 30.3 Å². The van der Waals surface area contributed by atoms with Gasteiger partial charge in [0.15, 0.2) is 0 Å². The van der Waals surface area contributed by atoms with Gasteiger partial charge in [-0.05, 0) is 23.3 Å². The van der Waals surface area contributed by atoms with Crippen LogP contribution in [0.2, 0.25) is 0 Å². The van der Waals surface area contributed by atoms with E-state index in [-0.39, 0.29) is 23.8 Å². The van der Waals surface area contributed by atoms with Crippen LogP contribution in [0.3, 0.4) is 0 Å². The second-order valence-corrected chi connectivity index (χ2v) is 6.49. The van der Waals surface area contributed by atoms with Gasteiger partial charge in [0.25, 0.3) is 5.91 Å². The van der Waals surface area contributed by atoms with Crippen molar-refractivity contribution in [1.82, 2.24) is 15.2 Å². The molecule has 1 fully saturated rings. The second kappa shape index (κ2) is 5.74. The molecule has 1 saturated heterocycles. The molecule has 5 heteroatoms. The first-order valence-corrected chi connectivity index (χ1v) is 8.21. The zero-order valence-corrected chi connectivity index (χ0v) is 13.5. The van der Waals surface area contributed by atoms with E-state index in [1.807, 2.05) is 17.0 Å². The molecule has 1 aromatic heterocycles. The van der Waals surface area contributed by atoms with Crippen LogP contribution in [-0.2, 0) is 4.79 Å². The topological polar surface area (TPSA) is 62.3 Å². The lowest BCUT2D eigenvalue weighted by Gasteiger charge is -2.22. The minimum Gasteiger partial charge on any atom is -0.344 e. The minimum atomic E-state index is -0.169. The predicted octanol–water partition coefficient (Wildman–Crippen LogP) is 2.13. The third-order valence-corrected chi connectivity index (χ3v) is 5.15. The van der Waals surface area contributed by atoms with Gasteiger partial charge in [-0.25, -0.2) is 0 Å². The van der Waals surface area contributed by atoms with Crippen molar-refractivity contribution in [2.75, 3.05) is 13.1 Å². The van der Waals surface area contributed by atoms with E-state index in [9.17, 15) is 9.59 Å². The van der Waals surface area contributed by atoms with Gasteiger partial charge < -0.3 is 10.2 Å². The molecule has 2 amide bonds. The van der Waals surface area contributed by atoms with Gasteiger partial charge >= 0.3 is 0 Å². The quantitative estimate of drug-likeness (QED) is 0.922. The summed E-state index contributed by atoms with van der Waals surface area (Å²) in [6.07, 6.45) is 1.62. The molecule has 24 heavy (non-hydrogen) atoms. The lowest BCUT2D eigenvalue weighted by atomic mass is 9.94. The molecule has 2 heterocycles. The highest BCUT2D eigenvalue weighted by Crippen LogP contribution is 2.49. The number of fused-ring (bicyclic) bond motifs is 3. The van der Waals surface area contributed by atoms with Crippen LogP contribution in [0, 0.1) is 5.92 Å². The van der Waals surface area contributed by atoms with Crippen LogP contribution >= 0.6 is 0 Å². The largest absolute Gasteiger partial charge is 0.344 e. The number of amides is 2. The molecule has 1 aliphatic carbocycles. The summed E-state index contributed by atoms with van der Waals surface area (Å²) < 4.78 is 0. The molecule has 1 N–H and O–H groups in total. The monoisotopic (exact) mass is 321 g/mol. The second-order valence-electron chi connectivity index (χ2n) is 6.49. The van der Waals surface area contributed by atoms with E-state index in [2.05, 4.69) is 22.4 Å². The molecule has 0 spiro atoms. The maximum atomic E-state index is 12.6. The number of aromatic nitrogens is 1. The average Bonchev–Trinajstić information content (AvgIpc) is 3.15. The van der Waals surface area contributed by atoms with E-state index in [0.717, 1.165) is 6.54 Å². The number of benzene rings is 1. The third-order valence-electron chi connectivity index (χ3n) is 5.15. The molecule has 4 rings (SSSR count). The number of hydrogen-bond donors (Lipinski definition) is 1. The summed E-state index contributed by atoms with van der Waals surface area (Å²) in [6.45, 7) is 3.02. The van der Waals surface area contributed by atoms with Crippen molar-refractivity contribution in [3.63, 3.8) is 0 Å². The van der Waals surface area contributed by atoms with Crippen LogP contribution in [0.1, 0.15) is 40.5 Å². The Kier molecular flexibility index (Phi) is 3.56. The van der Waals surface area contributed by atoms with Crippen LogP contribution in [-0.4, -0.2) is 34.8 Å². The number of rotatable bonds is 2. The molecule has 3 atom stereocenters. The van der Waals surface area contributed by atoms with E-state index in [1.165, 1.54) is 11.1 Å². The number of likely N-dealkylation sites (tertiary alicyclic amines) is 1. The molecular formula is C19H19N3O2.